The number of urea groups is 1. The topological polar surface area (TPSA) is 44.4 Å². The summed E-state index contributed by atoms with van der Waals surface area (Å²) in [5.41, 5.74) is 2.47. The molecule has 2 bridgehead atoms. The maximum absolute atomic E-state index is 12.8. The predicted octanol–water partition coefficient (Wildman–Crippen LogP) is 2.96. The lowest BCUT2D eigenvalue weighted by Gasteiger charge is -2.35. The minimum Gasteiger partial charge on any atom is -0.337 e. The fourth-order valence-electron chi connectivity index (χ4n) is 4.19. The van der Waals surface area contributed by atoms with Crippen LogP contribution in [-0.4, -0.2) is 42.6 Å². The van der Waals surface area contributed by atoms with Crippen LogP contribution in [0.4, 0.5) is 4.79 Å². The van der Waals surface area contributed by atoms with Gasteiger partial charge in [0.1, 0.15) is 0 Å². The molecule has 130 valence electrons. The summed E-state index contributed by atoms with van der Waals surface area (Å²) in [4.78, 5) is 14.9. The number of carbonyl (C=O) groups is 1. The number of nitrogens with zero attached hydrogens (tertiary/aromatic N) is 1. The molecule has 2 aromatic carbocycles. The number of fused-ring (bicyclic) bond motifs is 2. The van der Waals surface area contributed by atoms with Gasteiger partial charge in [-0.3, -0.25) is 0 Å². The van der Waals surface area contributed by atoms with Crippen LogP contribution in [-0.2, 0) is 0 Å². The van der Waals surface area contributed by atoms with Crippen molar-refractivity contribution in [3.8, 4) is 0 Å². The van der Waals surface area contributed by atoms with E-state index in [1.54, 1.807) is 0 Å². The van der Waals surface area contributed by atoms with Crippen LogP contribution >= 0.6 is 0 Å². The molecular formula is C21H25N3O. The number of piperazine rings is 1. The molecule has 25 heavy (non-hydrogen) atoms. The first-order chi connectivity index (χ1) is 12.3. The Morgan fingerprint density at radius 2 is 1.48 bits per heavy atom. The fraction of sp³-hybridized carbons (Fsp3) is 0.381. The highest BCUT2D eigenvalue weighted by Gasteiger charge is 2.39. The highest BCUT2D eigenvalue weighted by Crippen LogP contribution is 2.27. The SMILES string of the molecule is O=C(NCC(c1ccccc1)c1ccccc1)N1C2CCC1CNC2. The van der Waals surface area contributed by atoms with E-state index in [9.17, 15) is 4.79 Å². The second-order valence-electron chi connectivity index (χ2n) is 7.01. The lowest BCUT2D eigenvalue weighted by Crippen LogP contribution is -2.57. The molecule has 2 N–H and O–H groups in total. The van der Waals surface area contributed by atoms with Gasteiger partial charge in [0.15, 0.2) is 0 Å². The maximum atomic E-state index is 12.8. The van der Waals surface area contributed by atoms with E-state index in [1.165, 1.54) is 11.1 Å². The van der Waals surface area contributed by atoms with Crippen LogP contribution in [0.1, 0.15) is 29.9 Å². The van der Waals surface area contributed by atoms with Crippen LogP contribution in [0.3, 0.4) is 0 Å². The molecule has 0 radical (unpaired) electrons. The third-order valence-corrected chi connectivity index (χ3v) is 5.48. The van der Waals surface area contributed by atoms with E-state index in [2.05, 4.69) is 64.1 Å². The Morgan fingerprint density at radius 3 is 2.00 bits per heavy atom. The summed E-state index contributed by atoms with van der Waals surface area (Å²) in [5, 5.41) is 6.64. The summed E-state index contributed by atoms with van der Waals surface area (Å²) >= 11 is 0. The maximum Gasteiger partial charge on any atom is 0.318 e. The van der Waals surface area contributed by atoms with E-state index in [-0.39, 0.29) is 11.9 Å². The largest absolute Gasteiger partial charge is 0.337 e. The van der Waals surface area contributed by atoms with Crippen molar-refractivity contribution in [3.05, 3.63) is 71.8 Å². The Morgan fingerprint density at radius 1 is 0.960 bits per heavy atom. The zero-order valence-electron chi connectivity index (χ0n) is 14.4. The third-order valence-electron chi connectivity index (χ3n) is 5.48. The van der Waals surface area contributed by atoms with Gasteiger partial charge in [-0.2, -0.15) is 0 Å². The molecular weight excluding hydrogens is 310 g/mol. The Kier molecular flexibility index (Phi) is 4.70. The van der Waals surface area contributed by atoms with Crippen molar-refractivity contribution >= 4 is 6.03 Å². The van der Waals surface area contributed by atoms with Crippen molar-refractivity contribution in [1.29, 1.82) is 0 Å². The molecule has 4 rings (SSSR count). The Bertz CT molecular complexity index is 648. The van der Waals surface area contributed by atoms with E-state index in [4.69, 9.17) is 0 Å². The molecule has 2 aliphatic rings. The number of nitrogens with one attached hydrogen (secondary N) is 2. The van der Waals surface area contributed by atoms with Crippen LogP contribution in [0.15, 0.2) is 60.7 Å². The first-order valence-electron chi connectivity index (χ1n) is 9.19. The molecule has 2 atom stereocenters. The molecule has 2 amide bonds. The summed E-state index contributed by atoms with van der Waals surface area (Å²) in [6.45, 7) is 2.46. The van der Waals surface area contributed by atoms with Gasteiger partial charge in [0.25, 0.3) is 0 Å². The van der Waals surface area contributed by atoms with Crippen LogP contribution in [0.25, 0.3) is 0 Å². The molecule has 2 saturated heterocycles. The van der Waals surface area contributed by atoms with Crippen LogP contribution in [0.5, 0.6) is 0 Å². The van der Waals surface area contributed by atoms with Crippen molar-refractivity contribution in [2.75, 3.05) is 19.6 Å². The lowest BCUT2D eigenvalue weighted by atomic mass is 9.91. The number of carbonyl (C=O) groups excluding carboxylic acids is 1. The summed E-state index contributed by atoms with van der Waals surface area (Å²) in [5.74, 6) is 0.173. The molecule has 0 aliphatic carbocycles. The first kappa shape index (κ1) is 16.2. The van der Waals surface area contributed by atoms with E-state index in [0.29, 0.717) is 18.6 Å². The Balaban J connectivity index is 1.49. The third kappa shape index (κ3) is 3.40. The average molecular weight is 335 g/mol. The van der Waals surface area contributed by atoms with E-state index in [1.807, 2.05) is 12.1 Å². The minimum absolute atomic E-state index is 0.0888. The summed E-state index contributed by atoms with van der Waals surface area (Å²) in [6.07, 6.45) is 2.23. The smallest absolute Gasteiger partial charge is 0.318 e. The highest BCUT2D eigenvalue weighted by atomic mass is 16.2. The summed E-state index contributed by atoms with van der Waals surface area (Å²) in [7, 11) is 0. The summed E-state index contributed by atoms with van der Waals surface area (Å²) < 4.78 is 0. The average Bonchev–Trinajstić information content (AvgIpc) is 2.92. The Labute approximate surface area is 149 Å². The van der Waals surface area contributed by atoms with Crippen molar-refractivity contribution in [3.63, 3.8) is 0 Å². The number of hydrogen-bond donors (Lipinski definition) is 2. The summed E-state index contributed by atoms with van der Waals surface area (Å²) in [6, 6.07) is 21.6. The van der Waals surface area contributed by atoms with Gasteiger partial charge in [-0.1, -0.05) is 60.7 Å². The van der Waals surface area contributed by atoms with Gasteiger partial charge in [0, 0.05) is 37.6 Å². The van der Waals surface area contributed by atoms with E-state index < -0.39 is 0 Å². The zero-order valence-corrected chi connectivity index (χ0v) is 14.4. The molecule has 4 heteroatoms. The molecule has 0 spiro atoms. The number of rotatable bonds is 4. The zero-order chi connectivity index (χ0) is 17.1. The van der Waals surface area contributed by atoms with Crippen molar-refractivity contribution in [1.82, 2.24) is 15.5 Å². The quantitative estimate of drug-likeness (QED) is 0.902. The van der Waals surface area contributed by atoms with E-state index >= 15 is 0 Å². The lowest BCUT2D eigenvalue weighted by molar-refractivity contribution is 0.154. The normalized spacial score (nSPS) is 22.2. The van der Waals surface area contributed by atoms with E-state index in [0.717, 1.165) is 25.9 Å². The monoisotopic (exact) mass is 335 g/mol. The van der Waals surface area contributed by atoms with Crippen LogP contribution in [0, 0.1) is 0 Å². The molecule has 2 aliphatic heterocycles. The number of amides is 2. The first-order valence-corrected chi connectivity index (χ1v) is 9.19. The predicted molar refractivity (Wildman–Crippen MR) is 99.6 cm³/mol. The van der Waals surface area contributed by atoms with Gasteiger partial charge >= 0.3 is 6.03 Å². The number of hydrogen-bond acceptors (Lipinski definition) is 2. The van der Waals surface area contributed by atoms with Gasteiger partial charge in [0.2, 0.25) is 0 Å². The fourth-order valence-corrected chi connectivity index (χ4v) is 4.19. The minimum atomic E-state index is 0.0888. The standard InChI is InChI=1S/C21H25N3O/c25-21(24-18-11-12-19(24)14-22-13-18)23-15-20(16-7-3-1-4-8-16)17-9-5-2-6-10-17/h1-10,18-20,22H,11-15H2,(H,23,25). The molecule has 0 saturated carbocycles. The van der Waals surface area contributed by atoms with Gasteiger partial charge in [-0.15, -0.1) is 0 Å². The van der Waals surface area contributed by atoms with Gasteiger partial charge in [-0.05, 0) is 24.0 Å². The highest BCUT2D eigenvalue weighted by molar-refractivity contribution is 5.75. The van der Waals surface area contributed by atoms with Crippen molar-refractivity contribution < 1.29 is 4.79 Å². The van der Waals surface area contributed by atoms with Crippen molar-refractivity contribution in [2.24, 2.45) is 0 Å². The van der Waals surface area contributed by atoms with Crippen LogP contribution < -0.4 is 10.6 Å². The molecule has 4 nitrogen and oxygen atoms in total. The van der Waals surface area contributed by atoms with Crippen molar-refractivity contribution in [2.45, 2.75) is 30.8 Å². The van der Waals surface area contributed by atoms with Gasteiger partial charge in [0.05, 0.1) is 0 Å². The molecule has 2 heterocycles. The van der Waals surface area contributed by atoms with Gasteiger partial charge in [-0.25, -0.2) is 4.79 Å². The van der Waals surface area contributed by atoms with Crippen LogP contribution in [0.2, 0.25) is 0 Å². The van der Waals surface area contributed by atoms with Gasteiger partial charge < -0.3 is 15.5 Å². The molecule has 2 fully saturated rings. The number of benzene rings is 2. The molecule has 0 aromatic heterocycles. The second-order valence-corrected chi connectivity index (χ2v) is 7.01. The molecule has 2 unspecified atom stereocenters. The molecule has 2 aromatic rings. The Hall–Kier alpha value is -2.33. The second kappa shape index (κ2) is 7.28.